The first-order chi connectivity index (χ1) is 6.77. The van der Waals surface area contributed by atoms with Gasteiger partial charge in [-0.15, -0.1) is 0 Å². The molecule has 0 radical (unpaired) electrons. The Morgan fingerprint density at radius 1 is 1.50 bits per heavy atom. The molecule has 0 spiro atoms. The van der Waals surface area contributed by atoms with Crippen LogP contribution in [0.25, 0.3) is 0 Å². The smallest absolute Gasteiger partial charge is 0.296 e. The van der Waals surface area contributed by atoms with Crippen molar-refractivity contribution in [1.29, 1.82) is 0 Å². The van der Waals surface area contributed by atoms with Crippen LogP contribution in [0.4, 0.5) is 0 Å². The number of hydrogen-bond donors (Lipinski definition) is 0. The molecule has 14 heavy (non-hydrogen) atoms. The van der Waals surface area contributed by atoms with Gasteiger partial charge in [0.25, 0.3) is 0 Å². The average molecular weight is 191 g/mol. The van der Waals surface area contributed by atoms with Crippen LogP contribution in [0.15, 0.2) is 33.7 Å². The maximum Gasteiger partial charge on any atom is 0.441 e. The first kappa shape index (κ1) is 8.68. The summed E-state index contributed by atoms with van der Waals surface area (Å²) in [6, 6.07) is 5.60. The van der Waals surface area contributed by atoms with E-state index in [1.54, 1.807) is 13.2 Å². The predicted octanol–water partition coefficient (Wildman–Crippen LogP) is 0.359. The van der Waals surface area contributed by atoms with Crippen molar-refractivity contribution in [2.24, 2.45) is 7.05 Å². The summed E-state index contributed by atoms with van der Waals surface area (Å²) in [5.74, 6) is 0.129. The fraction of sp³-hybridized carbons (Fsp3) is 0.222. The van der Waals surface area contributed by atoms with E-state index in [9.17, 15) is 4.79 Å². The van der Waals surface area contributed by atoms with Gasteiger partial charge >= 0.3 is 5.76 Å². The van der Waals surface area contributed by atoms with E-state index in [1.165, 1.54) is 4.57 Å². The fourth-order valence-corrected chi connectivity index (χ4v) is 1.14. The summed E-state index contributed by atoms with van der Waals surface area (Å²) in [6.45, 7) is 0. The van der Waals surface area contributed by atoms with Gasteiger partial charge in [0.05, 0.1) is 6.42 Å². The molecule has 0 aliphatic carbocycles. The topological polar surface area (TPSA) is 60.9 Å². The van der Waals surface area contributed by atoms with Crippen molar-refractivity contribution in [2.45, 2.75) is 6.42 Å². The van der Waals surface area contributed by atoms with E-state index in [-0.39, 0.29) is 0 Å². The minimum Gasteiger partial charge on any atom is -0.296 e. The van der Waals surface area contributed by atoms with E-state index < -0.39 is 5.76 Å². The normalized spacial score (nSPS) is 10.4. The fourth-order valence-electron chi connectivity index (χ4n) is 1.14. The van der Waals surface area contributed by atoms with Crippen molar-refractivity contribution < 1.29 is 4.52 Å². The number of pyridine rings is 1. The molecule has 5 nitrogen and oxygen atoms in total. The second-order valence-electron chi connectivity index (χ2n) is 2.92. The van der Waals surface area contributed by atoms with Crippen molar-refractivity contribution in [3.63, 3.8) is 0 Å². The molecule has 0 fully saturated rings. The maximum atomic E-state index is 10.9. The summed E-state index contributed by atoms with van der Waals surface area (Å²) >= 11 is 0. The molecule has 0 saturated heterocycles. The van der Waals surface area contributed by atoms with Gasteiger partial charge in [-0.1, -0.05) is 11.2 Å². The molecule has 0 amide bonds. The summed E-state index contributed by atoms with van der Waals surface area (Å²) in [5.41, 5.74) is 0.858. The monoisotopic (exact) mass is 191 g/mol. The zero-order valence-corrected chi connectivity index (χ0v) is 7.67. The molecular formula is C9H9N3O2. The zero-order valence-electron chi connectivity index (χ0n) is 7.67. The van der Waals surface area contributed by atoms with Crippen LogP contribution in [-0.2, 0) is 13.5 Å². The Labute approximate surface area is 80.0 Å². The van der Waals surface area contributed by atoms with E-state index in [0.717, 1.165) is 5.69 Å². The van der Waals surface area contributed by atoms with Crippen molar-refractivity contribution >= 4 is 0 Å². The molecule has 0 aliphatic rings. The largest absolute Gasteiger partial charge is 0.441 e. The molecule has 2 heterocycles. The molecule has 0 aromatic carbocycles. The highest BCUT2D eigenvalue weighted by molar-refractivity contribution is 5.08. The van der Waals surface area contributed by atoms with Gasteiger partial charge in [-0.25, -0.2) is 4.79 Å². The molecule has 2 rings (SSSR count). The molecule has 0 unspecified atom stereocenters. The third-order valence-corrected chi connectivity index (χ3v) is 1.96. The van der Waals surface area contributed by atoms with E-state index >= 15 is 0 Å². The Kier molecular flexibility index (Phi) is 2.14. The van der Waals surface area contributed by atoms with Crippen molar-refractivity contribution in [1.82, 2.24) is 14.7 Å². The highest BCUT2D eigenvalue weighted by Crippen LogP contribution is 2.01. The summed E-state index contributed by atoms with van der Waals surface area (Å²) < 4.78 is 5.87. The lowest BCUT2D eigenvalue weighted by molar-refractivity contribution is 0.376. The first-order valence-corrected chi connectivity index (χ1v) is 4.19. The lowest BCUT2D eigenvalue weighted by Gasteiger charge is -1.96. The lowest BCUT2D eigenvalue weighted by atomic mass is 10.2. The van der Waals surface area contributed by atoms with E-state index in [4.69, 9.17) is 0 Å². The number of aromatic nitrogens is 3. The van der Waals surface area contributed by atoms with E-state index in [0.29, 0.717) is 12.2 Å². The molecule has 5 heteroatoms. The molecule has 0 N–H and O–H groups in total. The second kappa shape index (κ2) is 3.45. The van der Waals surface area contributed by atoms with Crippen LogP contribution in [0.5, 0.6) is 0 Å². The van der Waals surface area contributed by atoms with Crippen LogP contribution in [0.3, 0.4) is 0 Å². The van der Waals surface area contributed by atoms with Crippen molar-refractivity contribution in [2.75, 3.05) is 0 Å². The van der Waals surface area contributed by atoms with Gasteiger partial charge in [-0.3, -0.25) is 14.1 Å². The van der Waals surface area contributed by atoms with Gasteiger partial charge in [-0.05, 0) is 12.1 Å². The van der Waals surface area contributed by atoms with Gasteiger partial charge in [0.2, 0.25) is 0 Å². The lowest BCUT2D eigenvalue weighted by Crippen LogP contribution is -2.12. The number of nitrogens with zero attached hydrogens (tertiary/aromatic N) is 3. The molecule has 2 aromatic heterocycles. The molecule has 0 saturated carbocycles. The van der Waals surface area contributed by atoms with Gasteiger partial charge in [0.1, 0.15) is 0 Å². The quantitative estimate of drug-likeness (QED) is 0.687. The Hall–Kier alpha value is -1.91. The summed E-state index contributed by atoms with van der Waals surface area (Å²) in [4.78, 5) is 15.1. The SMILES string of the molecule is Cn1c(Cc2ccccn2)noc1=O. The van der Waals surface area contributed by atoms with Crippen LogP contribution >= 0.6 is 0 Å². The number of rotatable bonds is 2. The molecule has 0 aliphatic heterocycles. The van der Waals surface area contributed by atoms with Crippen molar-refractivity contribution in [3.8, 4) is 0 Å². The second-order valence-corrected chi connectivity index (χ2v) is 2.92. The average Bonchev–Trinajstić information content (AvgIpc) is 2.52. The molecule has 0 bridgehead atoms. The Morgan fingerprint density at radius 2 is 2.36 bits per heavy atom. The minimum absolute atomic E-state index is 0.448. The molecular weight excluding hydrogens is 182 g/mol. The highest BCUT2D eigenvalue weighted by atomic mass is 16.5. The van der Waals surface area contributed by atoms with Gasteiger partial charge < -0.3 is 0 Å². The zero-order chi connectivity index (χ0) is 9.97. The standard InChI is InChI=1S/C9H9N3O2/c1-12-8(11-14-9(12)13)6-7-4-2-3-5-10-7/h2-5H,6H2,1H3. The van der Waals surface area contributed by atoms with Crippen LogP contribution in [0, 0.1) is 0 Å². The van der Waals surface area contributed by atoms with Crippen molar-refractivity contribution in [3.05, 3.63) is 46.5 Å². The van der Waals surface area contributed by atoms with Crippen LogP contribution in [0.1, 0.15) is 11.5 Å². The third-order valence-electron chi connectivity index (χ3n) is 1.96. The highest BCUT2D eigenvalue weighted by Gasteiger charge is 2.07. The Balaban J connectivity index is 2.28. The Morgan fingerprint density at radius 3 is 2.93 bits per heavy atom. The maximum absolute atomic E-state index is 10.9. The van der Waals surface area contributed by atoms with Crippen LogP contribution < -0.4 is 5.76 Å². The molecule has 2 aromatic rings. The van der Waals surface area contributed by atoms with Gasteiger partial charge in [-0.2, -0.15) is 0 Å². The predicted molar refractivity (Wildman–Crippen MR) is 48.8 cm³/mol. The third kappa shape index (κ3) is 1.56. The summed E-state index contributed by atoms with van der Waals surface area (Å²) in [6.07, 6.45) is 2.20. The van der Waals surface area contributed by atoms with Gasteiger partial charge in [0.15, 0.2) is 5.82 Å². The molecule has 72 valence electrons. The van der Waals surface area contributed by atoms with Crippen LogP contribution in [-0.4, -0.2) is 14.7 Å². The number of hydrogen-bond acceptors (Lipinski definition) is 4. The van der Waals surface area contributed by atoms with Crippen LogP contribution in [0.2, 0.25) is 0 Å². The van der Waals surface area contributed by atoms with E-state index in [1.807, 2.05) is 18.2 Å². The summed E-state index contributed by atoms with van der Waals surface area (Å²) in [7, 11) is 1.62. The Bertz CT molecular complexity index is 472. The first-order valence-electron chi connectivity index (χ1n) is 4.19. The van der Waals surface area contributed by atoms with E-state index in [2.05, 4.69) is 14.7 Å². The van der Waals surface area contributed by atoms with Gasteiger partial charge in [0, 0.05) is 18.9 Å². The molecule has 0 atom stereocenters. The summed E-state index contributed by atoms with van der Waals surface area (Å²) in [5, 5.41) is 3.65. The minimum atomic E-state index is -0.448.